The lowest BCUT2D eigenvalue weighted by Crippen LogP contribution is -2.46. The highest BCUT2D eigenvalue weighted by molar-refractivity contribution is 5.95. The molecule has 31 heavy (non-hydrogen) atoms. The van der Waals surface area contributed by atoms with E-state index in [1.165, 1.54) is 16.0 Å². The van der Waals surface area contributed by atoms with Crippen molar-refractivity contribution in [3.63, 3.8) is 0 Å². The number of carbonyl (C=O) groups is 1. The predicted molar refractivity (Wildman–Crippen MR) is 116 cm³/mol. The molecule has 1 fully saturated rings. The van der Waals surface area contributed by atoms with Crippen LogP contribution in [0, 0.1) is 11.3 Å². The third-order valence-electron chi connectivity index (χ3n) is 6.83. The van der Waals surface area contributed by atoms with Gasteiger partial charge in [-0.15, -0.1) is 0 Å². The zero-order valence-corrected chi connectivity index (χ0v) is 17.9. The highest BCUT2D eigenvalue weighted by atomic mass is 16.3. The Kier molecular flexibility index (Phi) is 5.92. The number of nitrogens with zero attached hydrogens (tertiary/aromatic N) is 4. The third kappa shape index (κ3) is 3.77. The summed E-state index contributed by atoms with van der Waals surface area (Å²) in [4.78, 5) is 31.5. The van der Waals surface area contributed by atoms with Crippen molar-refractivity contribution in [1.29, 1.82) is 5.26 Å². The van der Waals surface area contributed by atoms with Crippen LogP contribution >= 0.6 is 0 Å². The van der Waals surface area contributed by atoms with Crippen LogP contribution in [-0.4, -0.2) is 45.2 Å². The normalized spacial score (nSPS) is 17.5. The number of carbonyl (C=O) groups excluding carboxylic acids is 1. The molecule has 1 saturated carbocycles. The first-order valence-corrected chi connectivity index (χ1v) is 11.1. The third-order valence-corrected chi connectivity index (χ3v) is 6.83. The first kappa shape index (κ1) is 21.3. The van der Waals surface area contributed by atoms with E-state index < -0.39 is 5.56 Å². The molecule has 0 radical (unpaired) electrons. The summed E-state index contributed by atoms with van der Waals surface area (Å²) in [6, 6.07) is 10.5. The Labute approximate surface area is 182 Å². The molecule has 1 aromatic heterocycles. The monoisotopic (exact) mass is 420 g/mol. The minimum atomic E-state index is -0.640. The minimum Gasteiger partial charge on any atom is -0.395 e. The van der Waals surface area contributed by atoms with Crippen molar-refractivity contribution in [2.45, 2.75) is 57.4 Å². The van der Waals surface area contributed by atoms with E-state index >= 15 is 0 Å². The van der Waals surface area contributed by atoms with Crippen molar-refractivity contribution in [2.24, 2.45) is 0 Å². The molecule has 2 aliphatic rings. The fraction of sp³-hybridized carbons (Fsp3) is 0.500. The molecular formula is C24H28N4O3. The summed E-state index contributed by atoms with van der Waals surface area (Å²) >= 11 is 0. The SMILES string of the molecule is CCc1cccc(C2(Cc3nc(=O)c(C#N)c4n3CCN(CCO)C4=O)CCCC2)c1. The average molecular weight is 421 g/mol. The number of benzene rings is 1. The molecule has 0 saturated heterocycles. The van der Waals surface area contributed by atoms with Crippen molar-refractivity contribution in [2.75, 3.05) is 19.7 Å². The zero-order chi connectivity index (χ0) is 22.0. The van der Waals surface area contributed by atoms with Crippen LogP contribution in [0.2, 0.25) is 0 Å². The number of aryl methyl sites for hydroxylation is 1. The number of nitriles is 1. The maximum absolute atomic E-state index is 13.0. The molecule has 1 amide bonds. The Morgan fingerprint density at radius 3 is 2.68 bits per heavy atom. The Bertz CT molecular complexity index is 1090. The van der Waals surface area contributed by atoms with Crippen LogP contribution in [0.1, 0.15) is 65.6 Å². The molecule has 0 unspecified atom stereocenters. The van der Waals surface area contributed by atoms with Gasteiger partial charge in [0.15, 0.2) is 0 Å². The summed E-state index contributed by atoms with van der Waals surface area (Å²) < 4.78 is 1.78. The molecule has 0 spiro atoms. The Balaban J connectivity index is 1.81. The lowest BCUT2D eigenvalue weighted by Gasteiger charge is -2.34. The molecule has 0 bridgehead atoms. The van der Waals surface area contributed by atoms with Gasteiger partial charge in [-0.3, -0.25) is 9.59 Å². The highest BCUT2D eigenvalue weighted by Gasteiger charge is 2.39. The van der Waals surface area contributed by atoms with E-state index in [0.717, 1.165) is 32.1 Å². The number of aliphatic hydroxyl groups is 1. The van der Waals surface area contributed by atoms with Gasteiger partial charge in [0.25, 0.3) is 11.5 Å². The van der Waals surface area contributed by atoms with Crippen molar-refractivity contribution in [3.05, 3.63) is 62.8 Å². The molecule has 4 rings (SSSR count). The van der Waals surface area contributed by atoms with Gasteiger partial charge in [0.2, 0.25) is 0 Å². The summed E-state index contributed by atoms with van der Waals surface area (Å²) in [7, 11) is 0. The van der Waals surface area contributed by atoms with E-state index in [1.807, 2.05) is 6.07 Å². The lowest BCUT2D eigenvalue weighted by atomic mass is 9.75. The quantitative estimate of drug-likeness (QED) is 0.772. The van der Waals surface area contributed by atoms with Gasteiger partial charge < -0.3 is 14.6 Å². The van der Waals surface area contributed by atoms with Gasteiger partial charge in [-0.05, 0) is 30.4 Å². The molecule has 1 N–H and O–H groups in total. The summed E-state index contributed by atoms with van der Waals surface area (Å²) in [5, 5.41) is 18.8. The highest BCUT2D eigenvalue weighted by Crippen LogP contribution is 2.43. The standard InChI is InChI=1S/C24H28N4O3/c1-2-17-6-5-7-18(14-17)24(8-3-4-9-24)15-20-26-22(30)19(16-25)21-23(31)27(12-13-29)10-11-28(20)21/h5-7,14,29H,2-4,8-13,15H2,1H3. The predicted octanol–water partition coefficient (Wildman–Crippen LogP) is 2.18. The molecule has 1 aromatic carbocycles. The largest absolute Gasteiger partial charge is 0.395 e. The van der Waals surface area contributed by atoms with Crippen LogP contribution in [0.3, 0.4) is 0 Å². The number of hydrogen-bond donors (Lipinski definition) is 1. The van der Waals surface area contributed by atoms with E-state index in [9.17, 15) is 20.0 Å². The number of aromatic nitrogens is 2. The lowest BCUT2D eigenvalue weighted by molar-refractivity contribution is 0.0661. The van der Waals surface area contributed by atoms with Crippen LogP contribution in [-0.2, 0) is 24.8 Å². The summed E-state index contributed by atoms with van der Waals surface area (Å²) in [6.07, 6.45) is 5.79. The average Bonchev–Trinajstić information content (AvgIpc) is 3.26. The second-order valence-corrected chi connectivity index (χ2v) is 8.55. The van der Waals surface area contributed by atoms with Crippen molar-refractivity contribution < 1.29 is 9.90 Å². The van der Waals surface area contributed by atoms with Crippen LogP contribution in [0.5, 0.6) is 0 Å². The van der Waals surface area contributed by atoms with Crippen LogP contribution < -0.4 is 5.56 Å². The van der Waals surface area contributed by atoms with Crippen LogP contribution in [0.25, 0.3) is 0 Å². The maximum Gasteiger partial charge on any atom is 0.291 e. The van der Waals surface area contributed by atoms with Gasteiger partial charge in [0.05, 0.1) is 6.61 Å². The topological polar surface area (TPSA) is 99.2 Å². The molecule has 7 nitrogen and oxygen atoms in total. The van der Waals surface area contributed by atoms with E-state index in [0.29, 0.717) is 25.3 Å². The number of fused-ring (bicyclic) bond motifs is 1. The van der Waals surface area contributed by atoms with E-state index in [2.05, 4.69) is 36.2 Å². The van der Waals surface area contributed by atoms with E-state index in [-0.39, 0.29) is 35.7 Å². The second-order valence-electron chi connectivity index (χ2n) is 8.55. The molecule has 1 aliphatic heterocycles. The van der Waals surface area contributed by atoms with Gasteiger partial charge in [-0.25, -0.2) is 0 Å². The summed E-state index contributed by atoms with van der Waals surface area (Å²) in [5.74, 6) is 0.200. The Morgan fingerprint density at radius 2 is 2.00 bits per heavy atom. The second kappa shape index (κ2) is 8.64. The fourth-order valence-corrected chi connectivity index (χ4v) is 5.15. The number of amides is 1. The van der Waals surface area contributed by atoms with Crippen molar-refractivity contribution in [1.82, 2.24) is 14.5 Å². The zero-order valence-electron chi connectivity index (χ0n) is 17.9. The molecule has 0 atom stereocenters. The van der Waals surface area contributed by atoms with Crippen molar-refractivity contribution in [3.8, 4) is 6.07 Å². The van der Waals surface area contributed by atoms with Gasteiger partial charge in [-0.1, -0.05) is 44.0 Å². The van der Waals surface area contributed by atoms with Gasteiger partial charge >= 0.3 is 0 Å². The fourth-order valence-electron chi connectivity index (χ4n) is 5.15. The maximum atomic E-state index is 13.0. The molecule has 2 aromatic rings. The van der Waals surface area contributed by atoms with Gasteiger partial charge in [0, 0.05) is 31.5 Å². The Hall–Kier alpha value is -2.98. The summed E-state index contributed by atoms with van der Waals surface area (Å²) in [6.45, 7) is 3.05. The van der Waals surface area contributed by atoms with E-state index in [4.69, 9.17) is 0 Å². The summed E-state index contributed by atoms with van der Waals surface area (Å²) in [5.41, 5.74) is 1.70. The smallest absolute Gasteiger partial charge is 0.291 e. The number of aliphatic hydroxyl groups excluding tert-OH is 1. The van der Waals surface area contributed by atoms with Crippen LogP contribution in [0.4, 0.5) is 0 Å². The van der Waals surface area contributed by atoms with Crippen molar-refractivity contribution >= 4 is 5.91 Å². The number of β-amino-alcohol motifs (C(OH)–C–C–N with tert-alkyl or cyclic N) is 1. The van der Waals surface area contributed by atoms with Gasteiger partial charge in [0.1, 0.15) is 23.2 Å². The first-order valence-electron chi connectivity index (χ1n) is 11.1. The number of hydrogen-bond acceptors (Lipinski definition) is 5. The Morgan fingerprint density at radius 1 is 1.23 bits per heavy atom. The minimum absolute atomic E-state index is 0.118. The van der Waals surface area contributed by atoms with Crippen LogP contribution in [0.15, 0.2) is 29.1 Å². The number of rotatable bonds is 6. The van der Waals surface area contributed by atoms with E-state index in [1.54, 1.807) is 4.57 Å². The molecule has 1 aliphatic carbocycles. The molecule has 7 heteroatoms. The first-order chi connectivity index (χ1) is 15.0. The molecular weight excluding hydrogens is 392 g/mol. The van der Waals surface area contributed by atoms with Gasteiger partial charge in [-0.2, -0.15) is 10.2 Å². The molecule has 162 valence electrons. The molecule has 2 heterocycles.